The van der Waals surface area contributed by atoms with E-state index >= 15 is 0 Å². The third-order valence-electron chi connectivity index (χ3n) is 1.44. The Morgan fingerprint density at radius 3 is 1.38 bits per heavy atom. The van der Waals surface area contributed by atoms with Gasteiger partial charge in [0.1, 0.15) is 0 Å². The first-order valence-corrected chi connectivity index (χ1v) is 5.32. The monoisotopic (exact) mass is 180 g/mol. The van der Waals surface area contributed by atoms with Gasteiger partial charge in [0.15, 0.2) is 0 Å². The second-order valence-corrected chi connectivity index (χ2v) is 2.65. The first-order chi connectivity index (χ1) is 6.31. The molecular formula is C13H24. The largest absolute Gasteiger partial charge is 0.0683 e. The fourth-order valence-electron chi connectivity index (χ4n) is 0.534. The van der Waals surface area contributed by atoms with E-state index in [1.165, 1.54) is 18.4 Å². The Labute approximate surface area is 84.0 Å². The Balaban J connectivity index is 0. The maximum absolute atomic E-state index is 2.18. The van der Waals surface area contributed by atoms with E-state index in [1.54, 1.807) is 0 Å². The lowest BCUT2D eigenvalue weighted by Crippen LogP contribution is -1.62. The predicted octanol–water partition coefficient (Wildman–Crippen LogP) is 4.83. The highest BCUT2D eigenvalue weighted by atomic mass is 13.8. The Hall–Kier alpha value is -0.780. The van der Waals surface area contributed by atoms with Crippen LogP contribution in [0.4, 0.5) is 0 Å². The molecule has 76 valence electrons. The molecule has 1 aromatic carbocycles. The van der Waals surface area contributed by atoms with Crippen LogP contribution in [0.15, 0.2) is 30.3 Å². The van der Waals surface area contributed by atoms with E-state index in [4.69, 9.17) is 0 Å². The molecule has 0 aromatic heterocycles. The molecule has 0 atom stereocenters. The number of aryl methyl sites for hydroxylation is 1. The van der Waals surface area contributed by atoms with Gasteiger partial charge in [0.05, 0.1) is 0 Å². The molecule has 0 fully saturated rings. The molecule has 0 amide bonds. The molecule has 0 aliphatic carbocycles. The Morgan fingerprint density at radius 2 is 1.23 bits per heavy atom. The van der Waals surface area contributed by atoms with Crippen molar-refractivity contribution in [2.75, 3.05) is 0 Å². The highest BCUT2D eigenvalue weighted by Gasteiger charge is 1.72. The van der Waals surface area contributed by atoms with Crippen LogP contribution in [-0.4, -0.2) is 0 Å². The van der Waals surface area contributed by atoms with Gasteiger partial charge in [0.25, 0.3) is 0 Å². The average molecular weight is 180 g/mol. The zero-order chi connectivity index (χ0) is 10.5. The molecule has 1 aromatic rings. The molecular weight excluding hydrogens is 156 g/mol. The minimum atomic E-state index is 1.32. The molecule has 0 saturated carbocycles. The number of unbranched alkanes of at least 4 members (excludes halogenated alkanes) is 1. The maximum Gasteiger partial charge on any atom is -0.0398 e. The summed E-state index contributed by atoms with van der Waals surface area (Å²) in [5.74, 6) is 0. The van der Waals surface area contributed by atoms with E-state index in [1.807, 2.05) is 32.0 Å². The van der Waals surface area contributed by atoms with Crippen molar-refractivity contribution in [1.29, 1.82) is 0 Å². The second-order valence-electron chi connectivity index (χ2n) is 2.65. The molecule has 0 nitrogen and oxygen atoms in total. The summed E-state index contributed by atoms with van der Waals surface area (Å²) in [6, 6.07) is 10.3. The Bertz CT molecular complexity index is 151. The van der Waals surface area contributed by atoms with Crippen LogP contribution in [0.25, 0.3) is 0 Å². The minimum Gasteiger partial charge on any atom is -0.0683 e. The fraction of sp³-hybridized carbons (Fsp3) is 0.538. The average Bonchev–Trinajstić information content (AvgIpc) is 2.22. The zero-order valence-corrected chi connectivity index (χ0v) is 9.80. The van der Waals surface area contributed by atoms with Gasteiger partial charge in [-0.3, -0.25) is 0 Å². The van der Waals surface area contributed by atoms with Crippen LogP contribution in [0.3, 0.4) is 0 Å². The lowest BCUT2D eigenvalue weighted by atomic mass is 10.2. The zero-order valence-electron chi connectivity index (χ0n) is 9.80. The number of benzene rings is 1. The lowest BCUT2D eigenvalue weighted by molar-refractivity contribution is 0.886. The summed E-state index contributed by atoms with van der Waals surface area (Å²) < 4.78 is 0. The van der Waals surface area contributed by atoms with Gasteiger partial charge in [-0.1, -0.05) is 76.4 Å². The summed E-state index contributed by atoms with van der Waals surface area (Å²) in [6.07, 6.45) is 2.64. The molecule has 0 N–H and O–H groups in total. The SMILES string of the molecule is CC.CCCC.Cc1ccccc1. The van der Waals surface area contributed by atoms with E-state index in [9.17, 15) is 0 Å². The van der Waals surface area contributed by atoms with Gasteiger partial charge in [0, 0.05) is 0 Å². The summed E-state index contributed by atoms with van der Waals surface area (Å²) in [6.45, 7) is 10.4. The van der Waals surface area contributed by atoms with Crippen LogP contribution in [0.5, 0.6) is 0 Å². The van der Waals surface area contributed by atoms with E-state index in [0.717, 1.165) is 0 Å². The van der Waals surface area contributed by atoms with Gasteiger partial charge in [-0.05, 0) is 6.92 Å². The van der Waals surface area contributed by atoms with Crippen LogP contribution in [-0.2, 0) is 0 Å². The van der Waals surface area contributed by atoms with Crippen molar-refractivity contribution in [3.63, 3.8) is 0 Å². The standard InChI is InChI=1S/C7H8.C4H10.C2H6/c1-7-5-3-2-4-6-7;1-3-4-2;1-2/h2-6H,1H3;3-4H2,1-2H3;1-2H3. The molecule has 0 unspecified atom stereocenters. The smallest absolute Gasteiger partial charge is 0.0398 e. The number of hydrogen-bond acceptors (Lipinski definition) is 0. The molecule has 1 rings (SSSR count). The van der Waals surface area contributed by atoms with Crippen molar-refractivity contribution in [3.8, 4) is 0 Å². The molecule has 0 radical (unpaired) electrons. The number of hydrogen-bond donors (Lipinski definition) is 0. The van der Waals surface area contributed by atoms with Crippen LogP contribution in [0.2, 0.25) is 0 Å². The summed E-state index contributed by atoms with van der Waals surface area (Å²) in [4.78, 5) is 0. The summed E-state index contributed by atoms with van der Waals surface area (Å²) in [5, 5.41) is 0. The van der Waals surface area contributed by atoms with Crippen LogP contribution >= 0.6 is 0 Å². The Morgan fingerprint density at radius 1 is 0.846 bits per heavy atom. The van der Waals surface area contributed by atoms with Gasteiger partial charge in [0.2, 0.25) is 0 Å². The molecule has 0 heterocycles. The fourth-order valence-corrected chi connectivity index (χ4v) is 0.534. The highest BCUT2D eigenvalue weighted by Crippen LogP contribution is 1.92. The Kier molecular flexibility index (Phi) is 15.6. The normalized spacial score (nSPS) is 7.46. The summed E-state index contributed by atoms with van der Waals surface area (Å²) >= 11 is 0. The van der Waals surface area contributed by atoms with Crippen molar-refractivity contribution in [2.45, 2.75) is 47.5 Å². The quantitative estimate of drug-likeness (QED) is 0.581. The van der Waals surface area contributed by atoms with Crippen molar-refractivity contribution in [1.82, 2.24) is 0 Å². The predicted molar refractivity (Wildman–Crippen MR) is 63.1 cm³/mol. The van der Waals surface area contributed by atoms with E-state index in [0.29, 0.717) is 0 Å². The maximum atomic E-state index is 2.18. The van der Waals surface area contributed by atoms with Crippen LogP contribution in [0, 0.1) is 6.92 Å². The molecule has 0 aliphatic rings. The van der Waals surface area contributed by atoms with Crippen molar-refractivity contribution < 1.29 is 0 Å². The molecule has 0 spiro atoms. The second kappa shape index (κ2) is 13.8. The van der Waals surface area contributed by atoms with E-state index in [-0.39, 0.29) is 0 Å². The molecule has 0 aliphatic heterocycles. The van der Waals surface area contributed by atoms with Gasteiger partial charge in [-0.2, -0.15) is 0 Å². The molecule has 13 heavy (non-hydrogen) atoms. The minimum absolute atomic E-state index is 1.32. The van der Waals surface area contributed by atoms with Gasteiger partial charge in [-0.25, -0.2) is 0 Å². The molecule has 0 bridgehead atoms. The first kappa shape index (κ1) is 14.7. The van der Waals surface area contributed by atoms with E-state index < -0.39 is 0 Å². The van der Waals surface area contributed by atoms with Gasteiger partial charge >= 0.3 is 0 Å². The van der Waals surface area contributed by atoms with Gasteiger partial charge < -0.3 is 0 Å². The summed E-state index contributed by atoms with van der Waals surface area (Å²) in [7, 11) is 0. The number of rotatable bonds is 1. The molecule has 0 saturated heterocycles. The van der Waals surface area contributed by atoms with Gasteiger partial charge in [-0.15, -0.1) is 0 Å². The lowest BCUT2D eigenvalue weighted by Gasteiger charge is -1.82. The van der Waals surface area contributed by atoms with Crippen LogP contribution in [0.1, 0.15) is 46.1 Å². The van der Waals surface area contributed by atoms with Crippen molar-refractivity contribution in [2.24, 2.45) is 0 Å². The van der Waals surface area contributed by atoms with E-state index in [2.05, 4.69) is 32.9 Å². The van der Waals surface area contributed by atoms with Crippen molar-refractivity contribution >= 4 is 0 Å². The third kappa shape index (κ3) is 14.1. The highest BCUT2D eigenvalue weighted by molar-refractivity contribution is 5.11. The summed E-state index contributed by atoms with van der Waals surface area (Å²) in [5.41, 5.74) is 1.32. The molecule has 0 heteroatoms. The van der Waals surface area contributed by atoms with Crippen LogP contribution < -0.4 is 0 Å². The van der Waals surface area contributed by atoms with Crippen molar-refractivity contribution in [3.05, 3.63) is 35.9 Å². The third-order valence-corrected chi connectivity index (χ3v) is 1.44. The topological polar surface area (TPSA) is 0 Å². The first-order valence-electron chi connectivity index (χ1n) is 5.32.